The fourth-order valence-corrected chi connectivity index (χ4v) is 2.00. The lowest BCUT2D eigenvalue weighted by Crippen LogP contribution is -2.14. The van der Waals surface area contributed by atoms with E-state index in [1.54, 1.807) is 12.1 Å². The first-order valence-corrected chi connectivity index (χ1v) is 5.60. The Morgan fingerprint density at radius 2 is 1.94 bits per heavy atom. The number of aryl methyl sites for hydroxylation is 1. The quantitative estimate of drug-likeness (QED) is 0.831. The number of carboxylic acid groups (broad SMARTS) is 1. The van der Waals surface area contributed by atoms with E-state index in [0.29, 0.717) is 0 Å². The van der Waals surface area contributed by atoms with E-state index < -0.39 is 11.4 Å². The van der Waals surface area contributed by atoms with Crippen LogP contribution in [-0.4, -0.2) is 11.1 Å². The van der Waals surface area contributed by atoms with Gasteiger partial charge in [-0.05, 0) is 49.8 Å². The first kappa shape index (κ1) is 11.1. The van der Waals surface area contributed by atoms with Gasteiger partial charge in [-0.3, -0.25) is 4.79 Å². The highest BCUT2D eigenvalue weighted by molar-refractivity contribution is 5.77. The van der Waals surface area contributed by atoms with Crippen molar-refractivity contribution in [2.75, 3.05) is 0 Å². The number of benzene rings is 1. The summed E-state index contributed by atoms with van der Waals surface area (Å²) in [5.41, 5.74) is 0.641. The fraction of sp³-hybridized carbons (Fsp3) is 0.462. The van der Waals surface area contributed by atoms with Gasteiger partial charge in [0.2, 0.25) is 0 Å². The van der Waals surface area contributed by atoms with Gasteiger partial charge in [0.15, 0.2) is 0 Å². The van der Waals surface area contributed by atoms with Crippen molar-refractivity contribution in [1.29, 1.82) is 0 Å². The lowest BCUT2D eigenvalue weighted by Gasteiger charge is -2.08. The van der Waals surface area contributed by atoms with Crippen molar-refractivity contribution in [3.8, 4) is 0 Å². The van der Waals surface area contributed by atoms with Gasteiger partial charge in [0.25, 0.3) is 0 Å². The largest absolute Gasteiger partial charge is 0.481 e. The summed E-state index contributed by atoms with van der Waals surface area (Å²) < 4.78 is 12.6. The molecule has 0 unspecified atom stereocenters. The third-order valence-corrected chi connectivity index (χ3v) is 3.34. The monoisotopic (exact) mass is 222 g/mol. The van der Waals surface area contributed by atoms with Gasteiger partial charge in [0.1, 0.15) is 5.82 Å². The van der Waals surface area contributed by atoms with Gasteiger partial charge in [-0.15, -0.1) is 0 Å². The minimum absolute atomic E-state index is 0.229. The minimum atomic E-state index is -0.661. The summed E-state index contributed by atoms with van der Waals surface area (Å²) in [5, 5.41) is 8.99. The van der Waals surface area contributed by atoms with Crippen LogP contribution in [0.3, 0.4) is 0 Å². The minimum Gasteiger partial charge on any atom is -0.481 e. The molecule has 0 atom stereocenters. The normalized spacial score (nSPS) is 17.1. The number of hydrogen-bond acceptors (Lipinski definition) is 1. The average molecular weight is 222 g/mol. The SMILES string of the molecule is O=C(O)C1(CCCc2ccc(F)cc2)CC1. The predicted molar refractivity (Wildman–Crippen MR) is 58.6 cm³/mol. The van der Waals surface area contributed by atoms with Gasteiger partial charge in [-0.25, -0.2) is 4.39 Å². The number of halogens is 1. The van der Waals surface area contributed by atoms with E-state index in [2.05, 4.69) is 0 Å². The Morgan fingerprint density at radius 3 is 2.44 bits per heavy atom. The van der Waals surface area contributed by atoms with E-state index >= 15 is 0 Å². The van der Waals surface area contributed by atoms with Gasteiger partial charge in [0, 0.05) is 0 Å². The first-order chi connectivity index (χ1) is 7.62. The molecular formula is C13H15FO2. The van der Waals surface area contributed by atoms with Crippen molar-refractivity contribution < 1.29 is 14.3 Å². The summed E-state index contributed by atoms with van der Waals surface area (Å²) >= 11 is 0. The molecule has 1 aliphatic carbocycles. The summed E-state index contributed by atoms with van der Waals surface area (Å²) in [5.74, 6) is -0.889. The molecule has 0 bridgehead atoms. The zero-order chi connectivity index (χ0) is 11.6. The van der Waals surface area contributed by atoms with E-state index in [1.165, 1.54) is 12.1 Å². The topological polar surface area (TPSA) is 37.3 Å². The van der Waals surface area contributed by atoms with Gasteiger partial charge in [-0.2, -0.15) is 0 Å². The smallest absolute Gasteiger partial charge is 0.309 e. The molecule has 1 saturated carbocycles. The summed E-state index contributed by atoms with van der Waals surface area (Å²) in [6, 6.07) is 6.41. The van der Waals surface area contributed by atoms with E-state index in [0.717, 1.165) is 37.7 Å². The highest BCUT2D eigenvalue weighted by atomic mass is 19.1. The lowest BCUT2D eigenvalue weighted by molar-refractivity contribution is -0.143. The molecule has 0 amide bonds. The van der Waals surface area contributed by atoms with Crippen LogP contribution in [0.2, 0.25) is 0 Å². The van der Waals surface area contributed by atoms with Crippen molar-refractivity contribution in [3.05, 3.63) is 35.6 Å². The van der Waals surface area contributed by atoms with E-state index in [-0.39, 0.29) is 5.82 Å². The summed E-state index contributed by atoms with van der Waals surface area (Å²) in [6.07, 6.45) is 4.05. The Kier molecular flexibility index (Phi) is 2.95. The number of carboxylic acids is 1. The Bertz CT molecular complexity index is 379. The lowest BCUT2D eigenvalue weighted by atomic mass is 9.97. The van der Waals surface area contributed by atoms with Crippen LogP contribution in [0.25, 0.3) is 0 Å². The van der Waals surface area contributed by atoms with Crippen molar-refractivity contribution in [2.45, 2.75) is 32.1 Å². The second-order valence-corrected chi connectivity index (χ2v) is 4.57. The maximum atomic E-state index is 12.6. The van der Waals surface area contributed by atoms with Crippen LogP contribution in [0, 0.1) is 11.2 Å². The number of hydrogen-bond donors (Lipinski definition) is 1. The molecule has 1 aromatic rings. The van der Waals surface area contributed by atoms with Crippen molar-refractivity contribution in [2.24, 2.45) is 5.41 Å². The molecule has 1 aliphatic rings. The molecule has 2 nitrogen and oxygen atoms in total. The van der Waals surface area contributed by atoms with Crippen molar-refractivity contribution in [1.82, 2.24) is 0 Å². The molecule has 0 aliphatic heterocycles. The molecule has 1 fully saturated rings. The zero-order valence-corrected chi connectivity index (χ0v) is 9.08. The predicted octanol–water partition coefficient (Wildman–Crippen LogP) is 3.01. The molecule has 3 heteroatoms. The maximum absolute atomic E-state index is 12.6. The van der Waals surface area contributed by atoms with Crippen molar-refractivity contribution in [3.63, 3.8) is 0 Å². The molecule has 1 N–H and O–H groups in total. The molecule has 0 radical (unpaired) electrons. The van der Waals surface area contributed by atoms with Crippen LogP contribution in [0.4, 0.5) is 4.39 Å². The molecular weight excluding hydrogens is 207 g/mol. The molecule has 0 spiro atoms. The van der Waals surface area contributed by atoms with E-state index in [1.807, 2.05) is 0 Å². The van der Waals surface area contributed by atoms with E-state index in [9.17, 15) is 9.18 Å². The van der Waals surface area contributed by atoms with Crippen LogP contribution >= 0.6 is 0 Å². The highest BCUT2D eigenvalue weighted by Crippen LogP contribution is 2.49. The summed E-state index contributed by atoms with van der Waals surface area (Å²) in [7, 11) is 0. The second kappa shape index (κ2) is 4.24. The van der Waals surface area contributed by atoms with Crippen LogP contribution in [0.1, 0.15) is 31.2 Å². The summed E-state index contributed by atoms with van der Waals surface area (Å²) in [4.78, 5) is 10.9. The highest BCUT2D eigenvalue weighted by Gasteiger charge is 2.49. The average Bonchev–Trinajstić information content (AvgIpc) is 3.02. The van der Waals surface area contributed by atoms with Crippen LogP contribution in [-0.2, 0) is 11.2 Å². The van der Waals surface area contributed by atoms with Crippen LogP contribution in [0.5, 0.6) is 0 Å². The molecule has 2 rings (SSSR count). The van der Waals surface area contributed by atoms with Gasteiger partial charge < -0.3 is 5.11 Å². The Morgan fingerprint density at radius 1 is 1.31 bits per heavy atom. The maximum Gasteiger partial charge on any atom is 0.309 e. The van der Waals surface area contributed by atoms with Gasteiger partial charge >= 0.3 is 5.97 Å². The summed E-state index contributed by atoms with van der Waals surface area (Å²) in [6.45, 7) is 0. The molecule has 0 saturated heterocycles. The molecule has 16 heavy (non-hydrogen) atoms. The first-order valence-electron chi connectivity index (χ1n) is 5.60. The van der Waals surface area contributed by atoms with Crippen LogP contribution in [0.15, 0.2) is 24.3 Å². The van der Waals surface area contributed by atoms with E-state index in [4.69, 9.17) is 5.11 Å². The zero-order valence-electron chi connectivity index (χ0n) is 9.08. The number of aliphatic carboxylic acids is 1. The number of carbonyl (C=O) groups is 1. The molecule has 86 valence electrons. The van der Waals surface area contributed by atoms with Crippen LogP contribution < -0.4 is 0 Å². The second-order valence-electron chi connectivity index (χ2n) is 4.57. The standard InChI is InChI=1S/C13H15FO2/c14-11-5-3-10(4-6-11)2-1-7-13(8-9-13)12(15)16/h3-6H,1-2,7-9H2,(H,15,16). The third-order valence-electron chi connectivity index (χ3n) is 3.34. The third kappa shape index (κ3) is 2.40. The van der Waals surface area contributed by atoms with Gasteiger partial charge in [-0.1, -0.05) is 12.1 Å². The van der Waals surface area contributed by atoms with Gasteiger partial charge in [0.05, 0.1) is 5.41 Å². The molecule has 0 aromatic heterocycles. The fourth-order valence-electron chi connectivity index (χ4n) is 2.00. The molecule has 0 heterocycles. The van der Waals surface area contributed by atoms with Crippen molar-refractivity contribution >= 4 is 5.97 Å². The Balaban J connectivity index is 1.80. The molecule has 1 aromatic carbocycles. The Hall–Kier alpha value is -1.38. The number of rotatable bonds is 5. The Labute approximate surface area is 94.1 Å².